The Labute approximate surface area is 254 Å². The van der Waals surface area contributed by atoms with Gasteiger partial charge < -0.3 is 14.7 Å². The fourth-order valence-electron chi connectivity index (χ4n) is 5.52. The third kappa shape index (κ3) is 29.1. The van der Waals surface area contributed by atoms with Crippen LogP contribution in [0.25, 0.3) is 0 Å². The van der Waals surface area contributed by atoms with Crippen molar-refractivity contribution in [1.29, 1.82) is 0 Å². The molecule has 0 aliphatic carbocycles. The van der Waals surface area contributed by atoms with E-state index < -0.39 is 0 Å². The van der Waals surface area contributed by atoms with Crippen molar-refractivity contribution >= 4 is 0 Å². The number of likely N-dealkylation sites (N-methyl/N-ethyl adjacent to an activating group) is 3. The first-order chi connectivity index (χ1) is 19.5. The van der Waals surface area contributed by atoms with E-state index in [-0.39, 0.29) is 0 Å². The van der Waals surface area contributed by atoms with Gasteiger partial charge in [-0.05, 0) is 47.1 Å². The molecule has 0 saturated heterocycles. The molecule has 240 valence electrons. The molecule has 4 heteroatoms. The molecule has 0 aromatic rings. The normalized spacial score (nSPS) is 12.0. The summed E-state index contributed by atoms with van der Waals surface area (Å²) in [6.07, 6.45) is 30.4. The Kier molecular flexibility index (Phi) is 31.2. The van der Waals surface area contributed by atoms with Crippen LogP contribution in [0.15, 0.2) is 12.7 Å². The number of hydrogen-bond acceptors (Lipinski definition) is 4. The predicted octanol–water partition coefficient (Wildman–Crippen LogP) is 9.11. The van der Waals surface area contributed by atoms with E-state index in [4.69, 9.17) is 0 Å². The summed E-state index contributed by atoms with van der Waals surface area (Å²) in [6.45, 7) is 19.0. The Hall–Kier alpha value is -0.420. The van der Waals surface area contributed by atoms with E-state index in [2.05, 4.69) is 67.2 Å². The molecular weight excluding hydrogens is 488 g/mol. The molecule has 0 atom stereocenters. The summed E-state index contributed by atoms with van der Waals surface area (Å²) in [6, 6.07) is 0. The Morgan fingerprint density at radius 1 is 0.375 bits per heavy atom. The molecule has 0 aliphatic heterocycles. The second-order valence-corrected chi connectivity index (χ2v) is 12.9. The standard InChI is InChI=1S/C36H76N4/c1-7-10-12-14-16-18-20-22-24-26-29-37(4)31-32-39(6)34-36-40(28-9-3)35-33-38(5)30-27-25-23-21-19-17-15-13-11-8-2/h9H,3,7-8,10-36H2,1-2,4-6H3. The minimum Gasteiger partial charge on any atom is -0.305 e. The molecule has 4 nitrogen and oxygen atoms in total. The molecule has 0 aromatic carbocycles. The van der Waals surface area contributed by atoms with Gasteiger partial charge in [0.05, 0.1) is 0 Å². The Balaban J connectivity index is 3.76. The van der Waals surface area contributed by atoms with Crippen LogP contribution in [0.2, 0.25) is 0 Å². The van der Waals surface area contributed by atoms with Gasteiger partial charge in [-0.1, -0.05) is 135 Å². The van der Waals surface area contributed by atoms with Crippen LogP contribution >= 0.6 is 0 Å². The van der Waals surface area contributed by atoms with Crippen LogP contribution in [0, 0.1) is 0 Å². The van der Waals surface area contributed by atoms with Gasteiger partial charge in [-0.15, -0.1) is 6.58 Å². The van der Waals surface area contributed by atoms with Crippen LogP contribution < -0.4 is 0 Å². The predicted molar refractivity (Wildman–Crippen MR) is 183 cm³/mol. The van der Waals surface area contributed by atoms with E-state index >= 15 is 0 Å². The molecule has 0 heterocycles. The quantitative estimate of drug-likeness (QED) is 0.0582. The van der Waals surface area contributed by atoms with Gasteiger partial charge in [0.1, 0.15) is 0 Å². The van der Waals surface area contributed by atoms with Crippen LogP contribution in [0.5, 0.6) is 0 Å². The van der Waals surface area contributed by atoms with Crippen LogP contribution in [-0.2, 0) is 0 Å². The van der Waals surface area contributed by atoms with Gasteiger partial charge in [-0.2, -0.15) is 0 Å². The zero-order chi connectivity index (χ0) is 29.5. The second kappa shape index (κ2) is 31.5. The molecule has 0 spiro atoms. The zero-order valence-corrected chi connectivity index (χ0v) is 28.6. The third-order valence-electron chi connectivity index (χ3n) is 8.63. The first kappa shape index (κ1) is 39.6. The highest BCUT2D eigenvalue weighted by Crippen LogP contribution is 2.12. The number of hydrogen-bond donors (Lipinski definition) is 0. The van der Waals surface area contributed by atoms with Crippen molar-refractivity contribution in [3.63, 3.8) is 0 Å². The summed E-state index contributed by atoms with van der Waals surface area (Å²) in [5.41, 5.74) is 0. The summed E-state index contributed by atoms with van der Waals surface area (Å²) in [5.74, 6) is 0. The second-order valence-electron chi connectivity index (χ2n) is 12.9. The molecule has 0 fully saturated rings. The molecule has 0 saturated carbocycles. The fraction of sp³-hybridized carbons (Fsp3) is 0.944. The number of nitrogens with zero attached hydrogens (tertiary/aromatic N) is 4. The molecule has 0 radical (unpaired) electrons. The average Bonchev–Trinajstić information content (AvgIpc) is 2.95. The van der Waals surface area contributed by atoms with Crippen molar-refractivity contribution in [2.45, 2.75) is 142 Å². The van der Waals surface area contributed by atoms with Crippen LogP contribution in [0.3, 0.4) is 0 Å². The summed E-state index contributed by atoms with van der Waals surface area (Å²) in [4.78, 5) is 10.2. The van der Waals surface area contributed by atoms with E-state index in [1.807, 2.05) is 0 Å². The van der Waals surface area contributed by atoms with E-state index in [9.17, 15) is 0 Å². The first-order valence-corrected chi connectivity index (χ1v) is 17.9. The fourth-order valence-corrected chi connectivity index (χ4v) is 5.52. The summed E-state index contributed by atoms with van der Waals surface area (Å²) < 4.78 is 0. The maximum absolute atomic E-state index is 4.01. The lowest BCUT2D eigenvalue weighted by Crippen LogP contribution is -2.40. The molecule has 0 amide bonds. The lowest BCUT2D eigenvalue weighted by atomic mass is 10.1. The average molecular weight is 565 g/mol. The van der Waals surface area contributed by atoms with Crippen molar-refractivity contribution in [2.75, 3.05) is 80.0 Å². The molecular formula is C36H76N4. The molecule has 0 aliphatic rings. The topological polar surface area (TPSA) is 13.0 Å². The highest BCUT2D eigenvalue weighted by molar-refractivity contribution is 4.75. The number of unbranched alkanes of at least 4 members (excludes halogenated alkanes) is 18. The van der Waals surface area contributed by atoms with Gasteiger partial charge in [-0.25, -0.2) is 0 Å². The van der Waals surface area contributed by atoms with Gasteiger partial charge in [0, 0.05) is 45.8 Å². The Morgan fingerprint density at radius 3 is 0.975 bits per heavy atom. The lowest BCUT2D eigenvalue weighted by molar-refractivity contribution is 0.198. The van der Waals surface area contributed by atoms with Gasteiger partial charge in [0.2, 0.25) is 0 Å². The van der Waals surface area contributed by atoms with E-state index in [1.165, 1.54) is 148 Å². The van der Waals surface area contributed by atoms with Gasteiger partial charge in [0.15, 0.2) is 0 Å². The molecule has 0 aromatic heterocycles. The van der Waals surface area contributed by atoms with Crippen molar-refractivity contribution < 1.29 is 0 Å². The molecule has 40 heavy (non-hydrogen) atoms. The van der Waals surface area contributed by atoms with Gasteiger partial charge in [0.25, 0.3) is 0 Å². The third-order valence-corrected chi connectivity index (χ3v) is 8.63. The van der Waals surface area contributed by atoms with E-state index in [0.717, 1.165) is 39.3 Å². The maximum atomic E-state index is 4.01. The Bertz CT molecular complexity index is 497. The van der Waals surface area contributed by atoms with Crippen molar-refractivity contribution in [3.8, 4) is 0 Å². The maximum Gasteiger partial charge on any atom is 0.0161 e. The van der Waals surface area contributed by atoms with Crippen LogP contribution in [0.4, 0.5) is 0 Å². The van der Waals surface area contributed by atoms with Crippen molar-refractivity contribution in [3.05, 3.63) is 12.7 Å². The molecule has 0 unspecified atom stereocenters. The zero-order valence-electron chi connectivity index (χ0n) is 28.6. The molecule has 0 rings (SSSR count). The molecule has 0 bridgehead atoms. The highest BCUT2D eigenvalue weighted by Gasteiger charge is 2.08. The smallest absolute Gasteiger partial charge is 0.0161 e. The molecule has 0 N–H and O–H groups in total. The summed E-state index contributed by atoms with van der Waals surface area (Å²) in [7, 11) is 6.89. The van der Waals surface area contributed by atoms with E-state index in [1.54, 1.807) is 0 Å². The monoisotopic (exact) mass is 565 g/mol. The summed E-state index contributed by atoms with van der Waals surface area (Å²) in [5, 5.41) is 0. The first-order valence-electron chi connectivity index (χ1n) is 17.9. The lowest BCUT2D eigenvalue weighted by Gasteiger charge is -2.27. The highest BCUT2D eigenvalue weighted by atomic mass is 15.2. The minimum atomic E-state index is 0.999. The van der Waals surface area contributed by atoms with Gasteiger partial charge in [-0.3, -0.25) is 4.90 Å². The minimum absolute atomic E-state index is 0.999. The SMILES string of the molecule is C=CCN(CCN(C)CCCCCCCCCCCC)CCN(C)CCN(C)CCCCCCCCCCCC. The van der Waals surface area contributed by atoms with Gasteiger partial charge >= 0.3 is 0 Å². The van der Waals surface area contributed by atoms with Crippen molar-refractivity contribution in [1.82, 2.24) is 19.6 Å². The number of rotatable bonds is 33. The van der Waals surface area contributed by atoms with Crippen molar-refractivity contribution in [2.24, 2.45) is 0 Å². The van der Waals surface area contributed by atoms with E-state index in [0.29, 0.717) is 0 Å². The van der Waals surface area contributed by atoms with Crippen LogP contribution in [-0.4, -0.2) is 99.6 Å². The van der Waals surface area contributed by atoms with Crippen LogP contribution in [0.1, 0.15) is 142 Å². The summed E-state index contributed by atoms with van der Waals surface area (Å²) >= 11 is 0. The Morgan fingerprint density at radius 2 is 0.650 bits per heavy atom. The largest absolute Gasteiger partial charge is 0.305 e.